The number of carbonyl (C=O) groups is 1. The summed E-state index contributed by atoms with van der Waals surface area (Å²) in [6.07, 6.45) is 0.738. The van der Waals surface area contributed by atoms with Crippen LogP contribution in [-0.4, -0.2) is 13.1 Å². The van der Waals surface area contributed by atoms with Crippen molar-refractivity contribution in [1.82, 2.24) is 0 Å². The Hall–Kier alpha value is -1.31. The van der Waals surface area contributed by atoms with Gasteiger partial charge in [0.2, 0.25) is 0 Å². The molecule has 0 aliphatic heterocycles. The van der Waals surface area contributed by atoms with Crippen LogP contribution < -0.4 is 0 Å². The number of hydrogen-bond donors (Lipinski definition) is 0. The molecule has 0 spiro atoms. The average Bonchev–Trinajstić information content (AvgIpc) is 2.17. The van der Waals surface area contributed by atoms with Gasteiger partial charge in [0.25, 0.3) is 0 Å². The van der Waals surface area contributed by atoms with Crippen molar-refractivity contribution in [2.24, 2.45) is 0 Å². The summed E-state index contributed by atoms with van der Waals surface area (Å²) in [5.41, 5.74) is 1.69. The maximum atomic E-state index is 11.0. The molecule has 0 unspecified atom stereocenters. The molecule has 0 heterocycles. The van der Waals surface area contributed by atoms with E-state index < -0.39 is 0 Å². The highest BCUT2D eigenvalue weighted by Gasteiger charge is 2.02. The summed E-state index contributed by atoms with van der Waals surface area (Å²) in [5.74, 6) is -0.300. The van der Waals surface area contributed by atoms with Crippen LogP contribution >= 0.6 is 0 Å². The van der Waals surface area contributed by atoms with Gasteiger partial charge in [-0.2, -0.15) is 6.42 Å². The van der Waals surface area contributed by atoms with Gasteiger partial charge in [-0.25, -0.2) is 4.79 Å². The lowest BCUT2D eigenvalue weighted by Crippen LogP contribution is -2.00. The molecular weight excluding hydrogens is 152 g/mol. The first-order chi connectivity index (χ1) is 5.77. The van der Waals surface area contributed by atoms with Gasteiger partial charge in [0.1, 0.15) is 0 Å². The van der Waals surface area contributed by atoms with Crippen molar-refractivity contribution < 1.29 is 9.53 Å². The summed E-state index contributed by atoms with van der Waals surface area (Å²) >= 11 is 0. The van der Waals surface area contributed by atoms with E-state index in [1.807, 2.05) is 12.1 Å². The van der Waals surface area contributed by atoms with Crippen molar-refractivity contribution in [3.8, 4) is 0 Å². The van der Waals surface area contributed by atoms with E-state index in [0.29, 0.717) is 5.56 Å². The Kier molecular flexibility index (Phi) is 2.86. The third kappa shape index (κ3) is 1.84. The summed E-state index contributed by atoms with van der Waals surface area (Å²) in [6.45, 7) is 3.73. The van der Waals surface area contributed by atoms with Crippen LogP contribution in [0.5, 0.6) is 0 Å². The minimum absolute atomic E-state index is 0.300. The standard InChI is InChI=1S/C10H11O2/c1-3-8-4-6-9(7-5-8)10(11)12-2/h4-7H,1,3H2,2H3/q-1. The van der Waals surface area contributed by atoms with E-state index in [1.54, 1.807) is 12.1 Å². The molecule has 0 saturated carbocycles. The smallest absolute Gasteiger partial charge is 0.337 e. The normalized spacial score (nSPS) is 9.50. The molecule has 0 atom stereocenters. The van der Waals surface area contributed by atoms with Crippen molar-refractivity contribution in [3.05, 3.63) is 42.3 Å². The van der Waals surface area contributed by atoms with Crippen molar-refractivity contribution in [2.45, 2.75) is 6.42 Å². The van der Waals surface area contributed by atoms with Crippen molar-refractivity contribution in [1.29, 1.82) is 0 Å². The lowest BCUT2D eigenvalue weighted by molar-refractivity contribution is 0.0601. The van der Waals surface area contributed by atoms with Gasteiger partial charge in [-0.15, -0.1) is 0 Å². The van der Waals surface area contributed by atoms with Crippen LogP contribution in [0.15, 0.2) is 24.3 Å². The summed E-state index contributed by atoms with van der Waals surface area (Å²) in [4.78, 5) is 11.0. The molecule has 0 aromatic heterocycles. The fourth-order valence-electron chi connectivity index (χ4n) is 0.925. The zero-order valence-electron chi connectivity index (χ0n) is 7.04. The van der Waals surface area contributed by atoms with Gasteiger partial charge in [0.05, 0.1) is 12.7 Å². The molecule has 0 saturated heterocycles. The third-order valence-electron chi connectivity index (χ3n) is 1.66. The molecule has 1 aromatic rings. The maximum Gasteiger partial charge on any atom is 0.337 e. The first kappa shape index (κ1) is 8.78. The summed E-state index contributed by atoms with van der Waals surface area (Å²) < 4.78 is 4.56. The number of ether oxygens (including phenoxy) is 1. The number of hydrogen-bond acceptors (Lipinski definition) is 2. The Morgan fingerprint density at radius 2 is 2.00 bits per heavy atom. The molecule has 0 bridgehead atoms. The largest absolute Gasteiger partial charge is 0.465 e. The Bertz CT molecular complexity index is 262. The van der Waals surface area contributed by atoms with E-state index in [9.17, 15) is 4.79 Å². The van der Waals surface area contributed by atoms with Crippen LogP contribution in [0.3, 0.4) is 0 Å². The highest BCUT2D eigenvalue weighted by Crippen LogP contribution is 2.05. The predicted octanol–water partition coefficient (Wildman–Crippen LogP) is 1.85. The highest BCUT2D eigenvalue weighted by atomic mass is 16.5. The third-order valence-corrected chi connectivity index (χ3v) is 1.66. The van der Waals surface area contributed by atoms with Crippen LogP contribution in [0.25, 0.3) is 0 Å². The van der Waals surface area contributed by atoms with E-state index in [1.165, 1.54) is 7.11 Å². The highest BCUT2D eigenvalue weighted by molar-refractivity contribution is 5.89. The lowest BCUT2D eigenvalue weighted by Gasteiger charge is -2.01. The SMILES string of the molecule is [CH2-]Cc1ccc(C(=O)OC)cc1. The number of rotatable bonds is 2. The van der Waals surface area contributed by atoms with Gasteiger partial charge in [0.15, 0.2) is 0 Å². The average molecular weight is 163 g/mol. The molecule has 0 fully saturated rings. The number of carbonyl (C=O) groups excluding carboxylic acids is 1. The van der Waals surface area contributed by atoms with Crippen LogP contribution in [-0.2, 0) is 11.2 Å². The molecule has 0 aliphatic carbocycles. The predicted molar refractivity (Wildman–Crippen MR) is 46.8 cm³/mol. The number of methoxy groups -OCH3 is 1. The molecular formula is C10H11O2-. The summed E-state index contributed by atoms with van der Waals surface area (Å²) in [5, 5.41) is 0. The van der Waals surface area contributed by atoms with E-state index >= 15 is 0 Å². The summed E-state index contributed by atoms with van der Waals surface area (Å²) in [6, 6.07) is 7.23. The molecule has 2 heteroatoms. The van der Waals surface area contributed by atoms with E-state index in [2.05, 4.69) is 11.7 Å². The molecule has 0 amide bonds. The zero-order chi connectivity index (χ0) is 8.97. The fraction of sp³-hybridized carbons (Fsp3) is 0.200. The van der Waals surface area contributed by atoms with Crippen molar-refractivity contribution >= 4 is 5.97 Å². The molecule has 0 aliphatic rings. The Morgan fingerprint density at radius 3 is 2.42 bits per heavy atom. The molecule has 64 valence electrons. The molecule has 2 nitrogen and oxygen atoms in total. The van der Waals surface area contributed by atoms with Crippen LogP contribution in [0, 0.1) is 6.92 Å². The van der Waals surface area contributed by atoms with E-state index in [4.69, 9.17) is 0 Å². The molecule has 0 N–H and O–H groups in total. The van der Waals surface area contributed by atoms with Gasteiger partial charge in [-0.1, -0.05) is 17.7 Å². The van der Waals surface area contributed by atoms with Crippen LogP contribution in [0.4, 0.5) is 0 Å². The van der Waals surface area contributed by atoms with Crippen molar-refractivity contribution in [2.75, 3.05) is 7.11 Å². The Balaban J connectivity index is 2.84. The second-order valence-electron chi connectivity index (χ2n) is 2.44. The lowest BCUT2D eigenvalue weighted by atomic mass is 10.1. The van der Waals surface area contributed by atoms with Gasteiger partial charge >= 0.3 is 5.97 Å². The van der Waals surface area contributed by atoms with Gasteiger partial charge in [-0.05, 0) is 12.1 Å². The van der Waals surface area contributed by atoms with E-state index in [-0.39, 0.29) is 5.97 Å². The quantitative estimate of drug-likeness (QED) is 0.491. The fourth-order valence-corrected chi connectivity index (χ4v) is 0.925. The van der Waals surface area contributed by atoms with Gasteiger partial charge in [-0.3, -0.25) is 0 Å². The molecule has 0 radical (unpaired) electrons. The number of benzene rings is 1. The Morgan fingerprint density at radius 1 is 1.42 bits per heavy atom. The van der Waals surface area contributed by atoms with Gasteiger partial charge < -0.3 is 11.7 Å². The van der Waals surface area contributed by atoms with Gasteiger partial charge in [0, 0.05) is 0 Å². The monoisotopic (exact) mass is 163 g/mol. The topological polar surface area (TPSA) is 26.3 Å². The zero-order valence-corrected chi connectivity index (χ0v) is 7.04. The maximum absolute atomic E-state index is 11.0. The number of esters is 1. The Labute approximate surface area is 72.2 Å². The second kappa shape index (κ2) is 3.90. The molecule has 12 heavy (non-hydrogen) atoms. The first-order valence-electron chi connectivity index (χ1n) is 3.74. The van der Waals surface area contributed by atoms with Crippen LogP contribution in [0.2, 0.25) is 0 Å². The molecule has 1 rings (SSSR count). The van der Waals surface area contributed by atoms with E-state index in [0.717, 1.165) is 12.0 Å². The second-order valence-corrected chi connectivity index (χ2v) is 2.44. The van der Waals surface area contributed by atoms with Crippen LogP contribution in [0.1, 0.15) is 15.9 Å². The summed E-state index contributed by atoms with van der Waals surface area (Å²) in [7, 11) is 1.37. The first-order valence-corrected chi connectivity index (χ1v) is 3.74. The molecule has 1 aromatic carbocycles. The van der Waals surface area contributed by atoms with Crippen molar-refractivity contribution in [3.63, 3.8) is 0 Å². The minimum Gasteiger partial charge on any atom is -0.465 e. The minimum atomic E-state index is -0.300.